The lowest BCUT2D eigenvalue weighted by Gasteiger charge is -2.21. The fourth-order valence-corrected chi connectivity index (χ4v) is 1.64. The van der Waals surface area contributed by atoms with Gasteiger partial charge >= 0.3 is 5.97 Å². The lowest BCUT2D eigenvalue weighted by molar-refractivity contribution is 0.0192. The van der Waals surface area contributed by atoms with E-state index in [0.29, 0.717) is 17.7 Å². The quantitative estimate of drug-likeness (QED) is 0.814. The number of carboxylic acids is 1. The van der Waals surface area contributed by atoms with Crippen molar-refractivity contribution in [2.45, 2.75) is 27.4 Å². The number of aliphatic hydroxyl groups excluding tert-OH is 1. The number of hydrogen-bond acceptors (Lipinski definition) is 3. The second kappa shape index (κ2) is 5.98. The zero-order valence-electron chi connectivity index (χ0n) is 11.1. The molecule has 0 fully saturated rings. The number of carbonyl (C=O) groups is 1. The van der Waals surface area contributed by atoms with Crippen LogP contribution < -0.4 is 0 Å². The molecule has 1 rings (SSSR count). The molecular weight excluding hydrogens is 232 g/mol. The summed E-state index contributed by atoms with van der Waals surface area (Å²) in [6.07, 6.45) is 0. The van der Waals surface area contributed by atoms with Crippen LogP contribution in [0.4, 0.5) is 0 Å². The minimum Gasteiger partial charge on any atom is -0.478 e. The molecule has 0 aliphatic rings. The van der Waals surface area contributed by atoms with Gasteiger partial charge in [-0.15, -0.1) is 0 Å². The van der Waals surface area contributed by atoms with Crippen molar-refractivity contribution in [2.75, 3.05) is 13.2 Å². The molecule has 100 valence electrons. The molecule has 18 heavy (non-hydrogen) atoms. The third-order valence-corrected chi connectivity index (χ3v) is 2.75. The van der Waals surface area contributed by atoms with Gasteiger partial charge < -0.3 is 14.9 Å². The average Bonchev–Trinajstić information content (AvgIpc) is 2.28. The summed E-state index contributed by atoms with van der Waals surface area (Å²) in [4.78, 5) is 11.2. The van der Waals surface area contributed by atoms with Crippen molar-refractivity contribution in [3.8, 4) is 0 Å². The molecule has 0 heterocycles. The number of carboxylic acid groups (broad SMARTS) is 1. The Balaban J connectivity index is 2.74. The summed E-state index contributed by atoms with van der Waals surface area (Å²) >= 11 is 0. The molecule has 0 spiro atoms. The SMILES string of the molecule is Cc1cccc(COCC(C)(C)CO)c1C(=O)O. The normalized spacial score (nSPS) is 11.6. The van der Waals surface area contributed by atoms with Crippen molar-refractivity contribution in [2.24, 2.45) is 5.41 Å². The number of aryl methyl sites for hydroxylation is 1. The van der Waals surface area contributed by atoms with Gasteiger partial charge in [-0.3, -0.25) is 0 Å². The van der Waals surface area contributed by atoms with Gasteiger partial charge in [-0.05, 0) is 18.1 Å². The summed E-state index contributed by atoms with van der Waals surface area (Å²) < 4.78 is 5.50. The van der Waals surface area contributed by atoms with Gasteiger partial charge in [0.25, 0.3) is 0 Å². The first-order valence-electron chi connectivity index (χ1n) is 5.88. The average molecular weight is 252 g/mol. The lowest BCUT2D eigenvalue weighted by atomic mass is 9.96. The van der Waals surface area contributed by atoms with E-state index in [0.717, 1.165) is 5.56 Å². The highest BCUT2D eigenvalue weighted by molar-refractivity contribution is 5.91. The molecule has 0 amide bonds. The molecule has 2 N–H and O–H groups in total. The molecule has 0 unspecified atom stereocenters. The lowest BCUT2D eigenvalue weighted by Crippen LogP contribution is -2.23. The van der Waals surface area contributed by atoms with E-state index in [1.807, 2.05) is 19.9 Å². The van der Waals surface area contributed by atoms with Crippen molar-refractivity contribution >= 4 is 5.97 Å². The molecular formula is C14H20O4. The van der Waals surface area contributed by atoms with Gasteiger partial charge in [0.2, 0.25) is 0 Å². The predicted octanol–water partition coefficient (Wildman–Crippen LogP) is 2.23. The van der Waals surface area contributed by atoms with Crippen LogP contribution in [0.3, 0.4) is 0 Å². The molecule has 0 bridgehead atoms. The van der Waals surface area contributed by atoms with Crippen molar-refractivity contribution in [3.63, 3.8) is 0 Å². The maximum atomic E-state index is 11.2. The Hall–Kier alpha value is -1.39. The minimum absolute atomic E-state index is 0.0343. The second-order valence-corrected chi connectivity index (χ2v) is 5.23. The first kappa shape index (κ1) is 14.7. The molecule has 0 radical (unpaired) electrons. The van der Waals surface area contributed by atoms with Gasteiger partial charge in [0.15, 0.2) is 0 Å². The Morgan fingerprint density at radius 2 is 2.06 bits per heavy atom. The summed E-state index contributed by atoms with van der Waals surface area (Å²) in [6, 6.07) is 5.34. The summed E-state index contributed by atoms with van der Waals surface area (Å²) in [5, 5.41) is 18.3. The van der Waals surface area contributed by atoms with E-state index in [2.05, 4.69) is 0 Å². The summed E-state index contributed by atoms with van der Waals surface area (Å²) in [7, 11) is 0. The molecule has 0 saturated carbocycles. The Bertz CT molecular complexity index is 424. The highest BCUT2D eigenvalue weighted by Gasteiger charge is 2.18. The Morgan fingerprint density at radius 3 is 2.61 bits per heavy atom. The molecule has 0 atom stereocenters. The van der Waals surface area contributed by atoms with Crippen LogP contribution in [0.15, 0.2) is 18.2 Å². The first-order chi connectivity index (χ1) is 8.37. The fraction of sp³-hybridized carbons (Fsp3) is 0.500. The third-order valence-electron chi connectivity index (χ3n) is 2.75. The van der Waals surface area contributed by atoms with Gasteiger partial charge in [0.05, 0.1) is 25.4 Å². The van der Waals surface area contributed by atoms with E-state index < -0.39 is 5.97 Å². The smallest absolute Gasteiger partial charge is 0.336 e. The van der Waals surface area contributed by atoms with E-state index in [1.54, 1.807) is 19.1 Å². The molecule has 0 aliphatic carbocycles. The van der Waals surface area contributed by atoms with Crippen LogP contribution in [0.5, 0.6) is 0 Å². The van der Waals surface area contributed by atoms with E-state index in [9.17, 15) is 4.79 Å². The maximum Gasteiger partial charge on any atom is 0.336 e. The number of hydrogen-bond donors (Lipinski definition) is 2. The van der Waals surface area contributed by atoms with Crippen LogP contribution in [0.1, 0.15) is 35.3 Å². The third kappa shape index (κ3) is 3.82. The van der Waals surface area contributed by atoms with Crippen molar-refractivity contribution < 1.29 is 19.7 Å². The molecule has 1 aromatic carbocycles. The van der Waals surface area contributed by atoms with Crippen molar-refractivity contribution in [1.29, 1.82) is 0 Å². The zero-order valence-corrected chi connectivity index (χ0v) is 11.1. The molecule has 4 nitrogen and oxygen atoms in total. The van der Waals surface area contributed by atoms with Crippen LogP contribution >= 0.6 is 0 Å². The van der Waals surface area contributed by atoms with Crippen LogP contribution in [-0.4, -0.2) is 29.4 Å². The summed E-state index contributed by atoms with van der Waals surface area (Å²) in [5.41, 5.74) is 1.38. The largest absolute Gasteiger partial charge is 0.478 e. The summed E-state index contributed by atoms with van der Waals surface area (Å²) in [6.45, 7) is 6.21. The number of aliphatic hydroxyl groups is 1. The van der Waals surface area contributed by atoms with Crippen LogP contribution in [0, 0.1) is 12.3 Å². The molecule has 1 aromatic rings. The predicted molar refractivity (Wildman–Crippen MR) is 68.7 cm³/mol. The standard InChI is InChI=1S/C14H20O4/c1-10-5-4-6-11(12(10)13(16)17)7-18-9-14(2,3)8-15/h4-6,15H,7-9H2,1-3H3,(H,16,17). The highest BCUT2D eigenvalue weighted by Crippen LogP contribution is 2.18. The van der Waals surface area contributed by atoms with Gasteiger partial charge in [-0.25, -0.2) is 4.79 Å². The van der Waals surface area contributed by atoms with Gasteiger partial charge in [0, 0.05) is 5.41 Å². The van der Waals surface area contributed by atoms with Crippen molar-refractivity contribution in [3.05, 3.63) is 34.9 Å². The number of rotatable bonds is 6. The molecule has 4 heteroatoms. The Morgan fingerprint density at radius 1 is 1.39 bits per heavy atom. The molecule has 0 aromatic heterocycles. The topological polar surface area (TPSA) is 66.8 Å². The van der Waals surface area contributed by atoms with E-state index in [1.165, 1.54) is 0 Å². The fourth-order valence-electron chi connectivity index (χ4n) is 1.64. The zero-order chi connectivity index (χ0) is 13.8. The summed E-state index contributed by atoms with van der Waals surface area (Å²) in [5.74, 6) is -0.937. The van der Waals surface area contributed by atoms with Crippen LogP contribution in [-0.2, 0) is 11.3 Å². The van der Waals surface area contributed by atoms with Crippen LogP contribution in [0.2, 0.25) is 0 Å². The van der Waals surface area contributed by atoms with E-state index in [-0.39, 0.29) is 18.6 Å². The van der Waals surface area contributed by atoms with E-state index >= 15 is 0 Å². The number of aromatic carboxylic acids is 1. The Labute approximate surface area is 107 Å². The molecule has 0 aliphatic heterocycles. The van der Waals surface area contributed by atoms with E-state index in [4.69, 9.17) is 14.9 Å². The van der Waals surface area contributed by atoms with Gasteiger partial charge in [-0.2, -0.15) is 0 Å². The Kier molecular flexibility index (Phi) is 4.87. The first-order valence-corrected chi connectivity index (χ1v) is 5.88. The van der Waals surface area contributed by atoms with Gasteiger partial charge in [0.1, 0.15) is 0 Å². The maximum absolute atomic E-state index is 11.2. The second-order valence-electron chi connectivity index (χ2n) is 5.23. The highest BCUT2D eigenvalue weighted by atomic mass is 16.5. The molecule has 0 saturated heterocycles. The van der Waals surface area contributed by atoms with Gasteiger partial charge in [-0.1, -0.05) is 32.0 Å². The number of benzene rings is 1. The minimum atomic E-state index is -0.937. The monoisotopic (exact) mass is 252 g/mol. The van der Waals surface area contributed by atoms with Crippen LogP contribution in [0.25, 0.3) is 0 Å². The van der Waals surface area contributed by atoms with Crippen molar-refractivity contribution in [1.82, 2.24) is 0 Å². The number of ether oxygens (including phenoxy) is 1.